The normalized spacial score (nSPS) is 19.3. The van der Waals surface area contributed by atoms with Crippen LogP contribution in [0.5, 0.6) is 0 Å². The second-order valence-electron chi connectivity index (χ2n) is 5.42. The Morgan fingerprint density at radius 1 is 1.37 bits per heavy atom. The number of hydrogen-bond donors (Lipinski definition) is 2. The van der Waals surface area contributed by atoms with Crippen LogP contribution < -0.4 is 11.1 Å². The molecule has 0 heterocycles. The van der Waals surface area contributed by atoms with E-state index in [2.05, 4.69) is 23.5 Å². The highest BCUT2D eigenvalue weighted by Gasteiger charge is 2.24. The molecule has 3 nitrogen and oxygen atoms in total. The Kier molecular flexibility index (Phi) is 5.83. The number of fused-ring (bicyclic) bond motifs is 1. The molecule has 2 rings (SSSR count). The lowest BCUT2D eigenvalue weighted by molar-refractivity contribution is -0.124. The van der Waals surface area contributed by atoms with Crippen LogP contribution in [0.15, 0.2) is 24.3 Å². The minimum Gasteiger partial charge on any atom is -0.348 e. The van der Waals surface area contributed by atoms with E-state index in [1.165, 1.54) is 11.1 Å². The summed E-state index contributed by atoms with van der Waals surface area (Å²) in [6, 6.07) is 8.07. The third-order valence-corrected chi connectivity index (χ3v) is 3.71. The zero-order valence-electron chi connectivity index (χ0n) is 11.6. The van der Waals surface area contributed by atoms with E-state index < -0.39 is 6.04 Å². The maximum atomic E-state index is 12.0. The molecule has 106 valence electrons. The van der Waals surface area contributed by atoms with E-state index in [0.29, 0.717) is 0 Å². The quantitative estimate of drug-likeness (QED) is 0.895. The van der Waals surface area contributed by atoms with Crippen molar-refractivity contribution in [2.24, 2.45) is 11.7 Å². The van der Waals surface area contributed by atoms with Crippen LogP contribution in [0.25, 0.3) is 0 Å². The monoisotopic (exact) mass is 282 g/mol. The van der Waals surface area contributed by atoms with Gasteiger partial charge in [-0.05, 0) is 36.3 Å². The van der Waals surface area contributed by atoms with Crippen LogP contribution in [0.1, 0.15) is 43.9 Å². The zero-order chi connectivity index (χ0) is 13.1. The highest BCUT2D eigenvalue weighted by Crippen LogP contribution is 2.29. The lowest BCUT2D eigenvalue weighted by atomic mass is 9.87. The number of nitrogens with two attached hydrogens (primary N) is 1. The number of carbonyl (C=O) groups is 1. The fraction of sp³-hybridized carbons (Fsp3) is 0.533. The number of aryl methyl sites for hydroxylation is 1. The standard InChI is InChI=1S/C15H22N2O.ClH/c1-10(2)14(16)15(18)17-13-9-5-7-11-6-3-4-8-12(11)13;/h3-4,6,8,10,13-14H,5,7,9,16H2,1-2H3,(H,17,18);1H. The third kappa shape index (κ3) is 3.71. The van der Waals surface area contributed by atoms with Gasteiger partial charge in [0, 0.05) is 0 Å². The van der Waals surface area contributed by atoms with Gasteiger partial charge in [-0.25, -0.2) is 0 Å². The topological polar surface area (TPSA) is 55.1 Å². The number of carbonyl (C=O) groups excluding carboxylic acids is 1. The van der Waals surface area contributed by atoms with Crippen LogP contribution in [0.4, 0.5) is 0 Å². The average Bonchev–Trinajstić information content (AvgIpc) is 2.38. The molecule has 0 aromatic heterocycles. The Morgan fingerprint density at radius 2 is 2.05 bits per heavy atom. The number of benzene rings is 1. The molecule has 1 amide bonds. The van der Waals surface area contributed by atoms with E-state index in [-0.39, 0.29) is 30.3 Å². The van der Waals surface area contributed by atoms with Gasteiger partial charge in [-0.2, -0.15) is 0 Å². The Morgan fingerprint density at radius 3 is 2.74 bits per heavy atom. The maximum absolute atomic E-state index is 12.0. The van der Waals surface area contributed by atoms with Crippen LogP contribution in [-0.2, 0) is 11.2 Å². The first kappa shape index (κ1) is 16.0. The molecule has 2 unspecified atom stereocenters. The molecule has 19 heavy (non-hydrogen) atoms. The van der Waals surface area contributed by atoms with Crippen LogP contribution in [0.3, 0.4) is 0 Å². The first-order valence-corrected chi connectivity index (χ1v) is 6.73. The van der Waals surface area contributed by atoms with Gasteiger partial charge in [0.2, 0.25) is 5.91 Å². The highest BCUT2D eigenvalue weighted by atomic mass is 35.5. The molecular formula is C15H23ClN2O. The highest BCUT2D eigenvalue weighted by molar-refractivity contribution is 5.85. The van der Waals surface area contributed by atoms with Crippen molar-refractivity contribution in [1.29, 1.82) is 0 Å². The van der Waals surface area contributed by atoms with Crippen molar-refractivity contribution in [2.45, 2.75) is 45.2 Å². The molecule has 3 N–H and O–H groups in total. The summed E-state index contributed by atoms with van der Waals surface area (Å²) in [5.74, 6) is 0.135. The van der Waals surface area contributed by atoms with Gasteiger partial charge in [-0.3, -0.25) is 4.79 Å². The molecule has 1 aromatic carbocycles. The van der Waals surface area contributed by atoms with Crippen molar-refractivity contribution >= 4 is 18.3 Å². The van der Waals surface area contributed by atoms with E-state index >= 15 is 0 Å². The Balaban J connectivity index is 0.00000180. The van der Waals surface area contributed by atoms with Gasteiger partial charge in [0.05, 0.1) is 12.1 Å². The molecule has 0 bridgehead atoms. The first-order valence-electron chi connectivity index (χ1n) is 6.73. The van der Waals surface area contributed by atoms with Crippen molar-refractivity contribution in [1.82, 2.24) is 5.32 Å². The fourth-order valence-corrected chi connectivity index (χ4v) is 2.47. The molecule has 4 heteroatoms. The second kappa shape index (κ2) is 6.92. The summed E-state index contributed by atoms with van der Waals surface area (Å²) >= 11 is 0. The smallest absolute Gasteiger partial charge is 0.237 e. The van der Waals surface area contributed by atoms with E-state index in [1.54, 1.807) is 0 Å². The summed E-state index contributed by atoms with van der Waals surface area (Å²) in [6.07, 6.45) is 3.24. The molecule has 2 atom stereocenters. The van der Waals surface area contributed by atoms with Crippen molar-refractivity contribution in [2.75, 3.05) is 0 Å². The first-order chi connectivity index (χ1) is 8.59. The summed E-state index contributed by atoms with van der Waals surface area (Å²) < 4.78 is 0. The number of rotatable bonds is 3. The second-order valence-corrected chi connectivity index (χ2v) is 5.42. The predicted octanol–water partition coefficient (Wildman–Crippen LogP) is 2.59. The van der Waals surface area contributed by atoms with Gasteiger partial charge >= 0.3 is 0 Å². The number of nitrogens with one attached hydrogen (secondary N) is 1. The van der Waals surface area contributed by atoms with Crippen LogP contribution in [0, 0.1) is 5.92 Å². The summed E-state index contributed by atoms with van der Waals surface area (Å²) in [5.41, 5.74) is 8.50. The number of halogens is 1. The van der Waals surface area contributed by atoms with Crippen LogP contribution in [-0.4, -0.2) is 11.9 Å². The number of hydrogen-bond acceptors (Lipinski definition) is 2. The van der Waals surface area contributed by atoms with Crippen molar-refractivity contribution in [3.63, 3.8) is 0 Å². The van der Waals surface area contributed by atoms with E-state index in [9.17, 15) is 4.79 Å². The minimum absolute atomic E-state index is 0. The van der Waals surface area contributed by atoms with Gasteiger partial charge in [0.15, 0.2) is 0 Å². The summed E-state index contributed by atoms with van der Waals surface area (Å²) in [7, 11) is 0. The van der Waals surface area contributed by atoms with Gasteiger partial charge in [0.25, 0.3) is 0 Å². The lowest BCUT2D eigenvalue weighted by Gasteiger charge is -2.28. The molecule has 0 spiro atoms. The largest absolute Gasteiger partial charge is 0.348 e. The molecule has 0 aliphatic heterocycles. The molecule has 0 saturated heterocycles. The molecule has 0 fully saturated rings. The van der Waals surface area contributed by atoms with Gasteiger partial charge in [0.1, 0.15) is 0 Å². The lowest BCUT2D eigenvalue weighted by Crippen LogP contribution is -2.45. The molecule has 1 aliphatic carbocycles. The van der Waals surface area contributed by atoms with Crippen molar-refractivity contribution < 1.29 is 4.79 Å². The van der Waals surface area contributed by atoms with Gasteiger partial charge < -0.3 is 11.1 Å². The van der Waals surface area contributed by atoms with E-state index in [0.717, 1.165) is 19.3 Å². The molecule has 0 radical (unpaired) electrons. The van der Waals surface area contributed by atoms with Crippen molar-refractivity contribution in [3.05, 3.63) is 35.4 Å². The van der Waals surface area contributed by atoms with Gasteiger partial charge in [-0.15, -0.1) is 12.4 Å². The predicted molar refractivity (Wildman–Crippen MR) is 80.3 cm³/mol. The molecule has 1 aromatic rings. The fourth-order valence-electron chi connectivity index (χ4n) is 2.47. The summed E-state index contributed by atoms with van der Waals surface area (Å²) in [5, 5.41) is 3.09. The number of amides is 1. The minimum atomic E-state index is -0.418. The molecular weight excluding hydrogens is 260 g/mol. The Labute approximate surface area is 121 Å². The van der Waals surface area contributed by atoms with Crippen LogP contribution in [0.2, 0.25) is 0 Å². The molecule has 0 saturated carbocycles. The van der Waals surface area contributed by atoms with E-state index in [4.69, 9.17) is 5.73 Å². The van der Waals surface area contributed by atoms with E-state index in [1.807, 2.05) is 19.9 Å². The maximum Gasteiger partial charge on any atom is 0.237 e. The average molecular weight is 283 g/mol. The Bertz CT molecular complexity index is 434. The summed E-state index contributed by atoms with van der Waals surface area (Å²) in [4.78, 5) is 12.0. The SMILES string of the molecule is CC(C)C(N)C(=O)NC1CCCc2ccccc21.Cl. The Hall–Kier alpha value is -1.06. The third-order valence-electron chi connectivity index (χ3n) is 3.71. The zero-order valence-corrected chi connectivity index (χ0v) is 12.4. The van der Waals surface area contributed by atoms with Crippen molar-refractivity contribution in [3.8, 4) is 0 Å². The molecule has 1 aliphatic rings. The summed E-state index contributed by atoms with van der Waals surface area (Å²) in [6.45, 7) is 3.94. The van der Waals surface area contributed by atoms with Crippen LogP contribution >= 0.6 is 12.4 Å². The van der Waals surface area contributed by atoms with Gasteiger partial charge in [-0.1, -0.05) is 38.1 Å².